The summed E-state index contributed by atoms with van der Waals surface area (Å²) in [6, 6.07) is 0.345. The topological polar surface area (TPSA) is 69.8 Å². The van der Waals surface area contributed by atoms with Crippen molar-refractivity contribution in [3.8, 4) is 0 Å². The molecule has 1 aliphatic heterocycles. The molecule has 0 aromatic rings. The lowest BCUT2D eigenvalue weighted by Crippen LogP contribution is -2.61. The van der Waals surface area contributed by atoms with Gasteiger partial charge in [-0.05, 0) is 20.9 Å². The van der Waals surface area contributed by atoms with Crippen LogP contribution in [0.25, 0.3) is 0 Å². The molecule has 88 valence electrons. The molecule has 5 heteroatoms. The van der Waals surface area contributed by atoms with E-state index in [9.17, 15) is 4.79 Å². The Balaban J connectivity index is 2.62. The first kappa shape index (κ1) is 12.4. The third-order valence-corrected chi connectivity index (χ3v) is 3.06. The predicted octanol–water partition coefficient (Wildman–Crippen LogP) is -1.14. The van der Waals surface area contributed by atoms with Crippen LogP contribution in [0.15, 0.2) is 0 Å². The number of aliphatic hydroxyl groups is 1. The Hall–Kier alpha value is -0.650. The Morgan fingerprint density at radius 1 is 1.60 bits per heavy atom. The number of rotatable bonds is 2. The predicted molar refractivity (Wildman–Crippen MR) is 58.4 cm³/mol. The standard InChI is InChI=1S/C10H21N3O2/c1-8-6-13(5-4-12(8)3)9(15)10(2,11)7-14/h8,14H,4-7,11H2,1-3H3/t8-,10?/m1/s1. The number of nitrogens with zero attached hydrogens (tertiary/aromatic N) is 2. The quantitative estimate of drug-likeness (QED) is 0.611. The van der Waals surface area contributed by atoms with Crippen molar-refractivity contribution in [3.63, 3.8) is 0 Å². The first-order chi connectivity index (χ1) is 6.88. The van der Waals surface area contributed by atoms with Crippen LogP contribution in [0.1, 0.15) is 13.8 Å². The number of nitrogens with two attached hydrogens (primary N) is 1. The van der Waals surface area contributed by atoms with Gasteiger partial charge in [0, 0.05) is 25.7 Å². The molecule has 0 saturated carbocycles. The van der Waals surface area contributed by atoms with Gasteiger partial charge in [-0.25, -0.2) is 0 Å². The molecule has 0 bridgehead atoms. The minimum atomic E-state index is -1.14. The van der Waals surface area contributed by atoms with E-state index in [1.165, 1.54) is 0 Å². The molecule has 0 aromatic carbocycles. The van der Waals surface area contributed by atoms with E-state index in [1.54, 1.807) is 11.8 Å². The summed E-state index contributed by atoms with van der Waals surface area (Å²) in [6.45, 7) is 5.56. The maximum absolute atomic E-state index is 11.9. The van der Waals surface area contributed by atoms with Crippen LogP contribution in [-0.2, 0) is 4.79 Å². The number of carbonyl (C=O) groups is 1. The highest BCUT2D eigenvalue weighted by atomic mass is 16.3. The van der Waals surface area contributed by atoms with Gasteiger partial charge < -0.3 is 20.6 Å². The second kappa shape index (κ2) is 4.47. The minimum Gasteiger partial charge on any atom is -0.394 e. The molecule has 1 aliphatic rings. The number of piperazine rings is 1. The average molecular weight is 215 g/mol. The van der Waals surface area contributed by atoms with Crippen LogP contribution in [0.3, 0.4) is 0 Å². The number of hydrogen-bond acceptors (Lipinski definition) is 4. The van der Waals surface area contributed by atoms with Crippen molar-refractivity contribution < 1.29 is 9.90 Å². The third kappa shape index (κ3) is 2.68. The summed E-state index contributed by atoms with van der Waals surface area (Å²) in [7, 11) is 2.04. The Morgan fingerprint density at radius 2 is 2.20 bits per heavy atom. The Morgan fingerprint density at radius 3 is 2.67 bits per heavy atom. The van der Waals surface area contributed by atoms with Gasteiger partial charge in [0.2, 0.25) is 5.91 Å². The molecule has 1 unspecified atom stereocenters. The van der Waals surface area contributed by atoms with E-state index in [0.29, 0.717) is 19.1 Å². The fraction of sp³-hybridized carbons (Fsp3) is 0.900. The molecular formula is C10H21N3O2. The summed E-state index contributed by atoms with van der Waals surface area (Å²) in [5.41, 5.74) is 4.57. The number of hydrogen-bond donors (Lipinski definition) is 2. The summed E-state index contributed by atoms with van der Waals surface area (Å²) in [6.07, 6.45) is 0. The van der Waals surface area contributed by atoms with Crippen molar-refractivity contribution in [2.45, 2.75) is 25.4 Å². The maximum Gasteiger partial charge on any atom is 0.244 e. The third-order valence-electron chi connectivity index (χ3n) is 3.06. The molecular weight excluding hydrogens is 194 g/mol. The second-order valence-electron chi connectivity index (χ2n) is 4.66. The largest absolute Gasteiger partial charge is 0.394 e. The molecule has 5 nitrogen and oxygen atoms in total. The average Bonchev–Trinajstić information content (AvgIpc) is 2.21. The highest BCUT2D eigenvalue weighted by Gasteiger charge is 2.34. The van der Waals surface area contributed by atoms with Crippen LogP contribution in [0, 0.1) is 0 Å². The van der Waals surface area contributed by atoms with Gasteiger partial charge in [-0.2, -0.15) is 0 Å². The van der Waals surface area contributed by atoms with Gasteiger partial charge in [0.05, 0.1) is 6.61 Å². The monoisotopic (exact) mass is 215 g/mol. The number of likely N-dealkylation sites (N-methyl/N-ethyl adjacent to an activating group) is 1. The molecule has 3 N–H and O–H groups in total. The molecule has 1 fully saturated rings. The summed E-state index contributed by atoms with van der Waals surface area (Å²) >= 11 is 0. The van der Waals surface area contributed by atoms with Crippen LogP contribution < -0.4 is 5.73 Å². The van der Waals surface area contributed by atoms with Crippen molar-refractivity contribution in [1.29, 1.82) is 0 Å². The van der Waals surface area contributed by atoms with E-state index in [2.05, 4.69) is 11.8 Å². The molecule has 1 saturated heterocycles. The molecule has 1 rings (SSSR count). The second-order valence-corrected chi connectivity index (χ2v) is 4.66. The summed E-state index contributed by atoms with van der Waals surface area (Å²) < 4.78 is 0. The zero-order valence-corrected chi connectivity index (χ0v) is 9.73. The summed E-state index contributed by atoms with van der Waals surface area (Å²) in [5.74, 6) is -0.162. The van der Waals surface area contributed by atoms with E-state index in [4.69, 9.17) is 10.8 Å². The SMILES string of the molecule is C[C@@H]1CN(C(=O)C(C)(N)CO)CCN1C. The van der Waals surface area contributed by atoms with Crippen molar-refractivity contribution in [1.82, 2.24) is 9.80 Å². The van der Waals surface area contributed by atoms with Gasteiger partial charge in [-0.15, -0.1) is 0 Å². The fourth-order valence-corrected chi connectivity index (χ4v) is 1.66. The number of carbonyl (C=O) groups excluding carboxylic acids is 1. The Labute approximate surface area is 90.8 Å². The normalized spacial score (nSPS) is 27.5. The van der Waals surface area contributed by atoms with Gasteiger partial charge in [0.25, 0.3) is 0 Å². The van der Waals surface area contributed by atoms with Crippen LogP contribution in [0.5, 0.6) is 0 Å². The lowest BCUT2D eigenvalue weighted by atomic mass is 10.0. The highest BCUT2D eigenvalue weighted by Crippen LogP contribution is 2.11. The van der Waals surface area contributed by atoms with E-state index >= 15 is 0 Å². The smallest absolute Gasteiger partial charge is 0.244 e. The minimum absolute atomic E-state index is 0.162. The molecule has 1 heterocycles. The molecule has 1 amide bonds. The van der Waals surface area contributed by atoms with Crippen molar-refractivity contribution >= 4 is 5.91 Å². The molecule has 15 heavy (non-hydrogen) atoms. The number of aliphatic hydroxyl groups excluding tert-OH is 1. The molecule has 2 atom stereocenters. The van der Waals surface area contributed by atoms with Gasteiger partial charge in [-0.3, -0.25) is 4.79 Å². The first-order valence-corrected chi connectivity index (χ1v) is 5.28. The highest BCUT2D eigenvalue weighted by molar-refractivity contribution is 5.86. The lowest BCUT2D eigenvalue weighted by molar-refractivity contribution is -0.140. The van der Waals surface area contributed by atoms with Crippen LogP contribution in [-0.4, -0.2) is 65.7 Å². The van der Waals surface area contributed by atoms with Crippen molar-refractivity contribution in [3.05, 3.63) is 0 Å². The summed E-state index contributed by atoms with van der Waals surface area (Å²) in [5, 5.41) is 9.03. The van der Waals surface area contributed by atoms with Gasteiger partial charge >= 0.3 is 0 Å². The fourth-order valence-electron chi connectivity index (χ4n) is 1.66. The van der Waals surface area contributed by atoms with E-state index in [1.807, 2.05) is 7.05 Å². The summed E-state index contributed by atoms with van der Waals surface area (Å²) in [4.78, 5) is 15.9. The Kier molecular flexibility index (Phi) is 3.70. The van der Waals surface area contributed by atoms with Gasteiger partial charge in [0.15, 0.2) is 0 Å². The van der Waals surface area contributed by atoms with E-state index in [0.717, 1.165) is 6.54 Å². The zero-order chi connectivity index (χ0) is 11.6. The Bertz CT molecular complexity index is 243. The zero-order valence-electron chi connectivity index (χ0n) is 9.73. The van der Waals surface area contributed by atoms with Crippen molar-refractivity contribution in [2.75, 3.05) is 33.3 Å². The van der Waals surface area contributed by atoms with Crippen molar-refractivity contribution in [2.24, 2.45) is 5.73 Å². The van der Waals surface area contributed by atoms with Crippen LogP contribution >= 0.6 is 0 Å². The van der Waals surface area contributed by atoms with Crippen LogP contribution in [0.2, 0.25) is 0 Å². The first-order valence-electron chi connectivity index (χ1n) is 5.28. The van der Waals surface area contributed by atoms with E-state index in [-0.39, 0.29) is 12.5 Å². The van der Waals surface area contributed by atoms with E-state index < -0.39 is 5.54 Å². The van der Waals surface area contributed by atoms with Gasteiger partial charge in [0.1, 0.15) is 5.54 Å². The van der Waals surface area contributed by atoms with Crippen LogP contribution in [0.4, 0.5) is 0 Å². The molecule has 0 radical (unpaired) electrons. The number of amides is 1. The maximum atomic E-state index is 11.9. The molecule has 0 aromatic heterocycles. The molecule has 0 aliphatic carbocycles. The lowest BCUT2D eigenvalue weighted by Gasteiger charge is -2.40. The molecule has 0 spiro atoms. The van der Waals surface area contributed by atoms with Gasteiger partial charge in [-0.1, -0.05) is 0 Å².